The molecule has 0 bridgehead atoms. The number of rotatable bonds is 13. The molecule has 0 saturated heterocycles. The van der Waals surface area contributed by atoms with Gasteiger partial charge in [-0.2, -0.15) is 0 Å². The topological polar surface area (TPSA) is 96.0 Å². The first kappa shape index (κ1) is 32.2. The van der Waals surface area contributed by atoms with Crippen LogP contribution >= 0.6 is 23.2 Å². The lowest BCUT2D eigenvalue weighted by molar-refractivity contribution is -0.140. The van der Waals surface area contributed by atoms with Crippen LogP contribution in [0.25, 0.3) is 0 Å². The Balaban J connectivity index is 2.07. The van der Waals surface area contributed by atoms with Crippen LogP contribution in [-0.2, 0) is 26.2 Å². The van der Waals surface area contributed by atoms with Crippen LogP contribution in [0.4, 0.5) is 5.69 Å². The molecule has 0 fully saturated rings. The maximum atomic E-state index is 14.1. The van der Waals surface area contributed by atoms with Crippen LogP contribution in [-0.4, -0.2) is 50.9 Å². The first-order chi connectivity index (χ1) is 19.5. The first-order valence-corrected chi connectivity index (χ1v) is 15.5. The summed E-state index contributed by atoms with van der Waals surface area (Å²) in [6.07, 6.45) is 1.03. The summed E-state index contributed by atoms with van der Waals surface area (Å²) >= 11 is 12.2. The Morgan fingerprint density at radius 1 is 0.927 bits per heavy atom. The Labute approximate surface area is 252 Å². The average Bonchev–Trinajstić information content (AvgIpc) is 2.95. The largest absolute Gasteiger partial charge is 0.497 e. The van der Waals surface area contributed by atoms with Crippen molar-refractivity contribution < 1.29 is 22.7 Å². The van der Waals surface area contributed by atoms with E-state index >= 15 is 0 Å². The van der Waals surface area contributed by atoms with E-state index in [1.807, 2.05) is 26.8 Å². The summed E-state index contributed by atoms with van der Waals surface area (Å²) in [5.74, 6) is -0.276. The minimum absolute atomic E-state index is 0.0458. The minimum atomic E-state index is -4.23. The lowest BCUT2D eigenvalue weighted by atomic mass is 10.1. The van der Waals surface area contributed by atoms with Gasteiger partial charge in [0.15, 0.2) is 0 Å². The van der Waals surface area contributed by atoms with Gasteiger partial charge in [-0.05, 0) is 79.9 Å². The van der Waals surface area contributed by atoms with Crippen molar-refractivity contribution in [1.29, 1.82) is 0 Å². The van der Waals surface area contributed by atoms with E-state index in [2.05, 4.69) is 5.32 Å². The fraction of sp³-hybridized carbons (Fsp3) is 0.333. The van der Waals surface area contributed by atoms with Crippen LogP contribution in [0.3, 0.4) is 0 Å². The molecule has 11 heteroatoms. The molecule has 2 amide bonds. The molecule has 0 heterocycles. The Bertz CT molecular complexity index is 1450. The highest BCUT2D eigenvalue weighted by atomic mass is 35.5. The standard InChI is InChI=1S/C30H35Cl2N3O5S/c1-5-21(3)33-30(37)28(6-2)34(19-22-9-7-12-26(17-22)40-4)29(36)20-35(25-11-8-10-24(32)18-25)41(38,39)27-15-13-23(31)14-16-27/h7-18,21,28H,5-6,19-20H2,1-4H3,(H,33,37)/t21-,28+/m1/s1. The van der Waals surface area contributed by atoms with Crippen molar-refractivity contribution in [2.45, 2.75) is 57.1 Å². The average molecular weight is 621 g/mol. The third kappa shape index (κ3) is 8.38. The zero-order valence-electron chi connectivity index (χ0n) is 23.5. The molecular weight excluding hydrogens is 585 g/mol. The lowest BCUT2D eigenvalue weighted by Gasteiger charge is -2.33. The molecule has 0 saturated carbocycles. The molecule has 0 aromatic heterocycles. The van der Waals surface area contributed by atoms with Crippen LogP contribution in [0, 0.1) is 0 Å². The van der Waals surface area contributed by atoms with Gasteiger partial charge < -0.3 is 15.0 Å². The smallest absolute Gasteiger partial charge is 0.264 e. The number of nitrogens with zero attached hydrogens (tertiary/aromatic N) is 2. The van der Waals surface area contributed by atoms with Gasteiger partial charge >= 0.3 is 0 Å². The van der Waals surface area contributed by atoms with Crippen LogP contribution in [0.1, 0.15) is 39.2 Å². The zero-order chi connectivity index (χ0) is 30.2. The second-order valence-corrected chi connectivity index (χ2v) is 12.3. The number of amides is 2. The molecule has 220 valence electrons. The Morgan fingerprint density at radius 2 is 1.61 bits per heavy atom. The highest BCUT2D eigenvalue weighted by Crippen LogP contribution is 2.28. The van der Waals surface area contributed by atoms with Crippen LogP contribution in [0.2, 0.25) is 10.0 Å². The van der Waals surface area contributed by atoms with Crippen LogP contribution in [0.5, 0.6) is 5.75 Å². The molecule has 0 radical (unpaired) electrons. The van der Waals surface area contributed by atoms with E-state index in [9.17, 15) is 18.0 Å². The summed E-state index contributed by atoms with van der Waals surface area (Å²) in [5, 5.41) is 3.64. The normalized spacial score (nSPS) is 12.7. The molecule has 0 aliphatic heterocycles. The summed E-state index contributed by atoms with van der Waals surface area (Å²) in [7, 11) is -2.68. The number of hydrogen-bond donors (Lipinski definition) is 1. The van der Waals surface area contributed by atoms with Crippen LogP contribution in [0.15, 0.2) is 77.7 Å². The maximum absolute atomic E-state index is 14.1. The van der Waals surface area contributed by atoms with Gasteiger partial charge in [0.1, 0.15) is 18.3 Å². The van der Waals surface area contributed by atoms with Gasteiger partial charge in [0, 0.05) is 22.6 Å². The van der Waals surface area contributed by atoms with E-state index in [0.29, 0.717) is 28.6 Å². The van der Waals surface area contributed by atoms with Gasteiger partial charge in [-0.15, -0.1) is 0 Å². The summed E-state index contributed by atoms with van der Waals surface area (Å²) < 4.78 is 34.1. The number of nitrogens with one attached hydrogen (secondary N) is 1. The fourth-order valence-electron chi connectivity index (χ4n) is 4.22. The van der Waals surface area contributed by atoms with Gasteiger partial charge in [0.2, 0.25) is 11.8 Å². The number of anilines is 1. The van der Waals surface area contributed by atoms with Gasteiger partial charge in [0.05, 0.1) is 17.7 Å². The molecule has 0 unspecified atom stereocenters. The van der Waals surface area contributed by atoms with Crippen molar-refractivity contribution in [3.05, 3.63) is 88.4 Å². The quantitative estimate of drug-likeness (QED) is 0.256. The molecular formula is C30H35Cl2N3O5S. The third-order valence-corrected chi connectivity index (χ3v) is 8.93. The van der Waals surface area contributed by atoms with E-state index in [4.69, 9.17) is 27.9 Å². The van der Waals surface area contributed by atoms with Crippen LogP contribution < -0.4 is 14.4 Å². The van der Waals surface area contributed by atoms with Crippen molar-refractivity contribution in [3.63, 3.8) is 0 Å². The molecule has 3 rings (SSSR count). The molecule has 3 aromatic rings. The van der Waals surface area contributed by atoms with Crippen molar-refractivity contribution in [1.82, 2.24) is 10.2 Å². The number of carbonyl (C=O) groups is 2. The molecule has 41 heavy (non-hydrogen) atoms. The Hall–Kier alpha value is -3.27. The molecule has 0 aliphatic rings. The van der Waals surface area contributed by atoms with Gasteiger partial charge in [0.25, 0.3) is 10.0 Å². The number of ether oxygens (including phenoxy) is 1. The van der Waals surface area contributed by atoms with Crippen molar-refractivity contribution >= 4 is 50.7 Å². The minimum Gasteiger partial charge on any atom is -0.497 e. The number of methoxy groups -OCH3 is 1. The second kappa shape index (κ2) is 14.6. The number of sulfonamides is 1. The zero-order valence-corrected chi connectivity index (χ0v) is 25.8. The molecule has 8 nitrogen and oxygen atoms in total. The van der Waals surface area contributed by atoms with Gasteiger partial charge in [-0.3, -0.25) is 13.9 Å². The van der Waals surface area contributed by atoms with Crippen molar-refractivity contribution in [3.8, 4) is 5.75 Å². The van der Waals surface area contributed by atoms with E-state index in [1.54, 1.807) is 43.5 Å². The number of benzene rings is 3. The number of hydrogen-bond acceptors (Lipinski definition) is 5. The van der Waals surface area contributed by atoms with Gasteiger partial charge in [-0.25, -0.2) is 8.42 Å². The SMILES string of the molecule is CC[C@@H](C)NC(=O)[C@H](CC)N(Cc1cccc(OC)c1)C(=O)CN(c1cccc(Cl)c1)S(=O)(=O)c1ccc(Cl)cc1. The van der Waals surface area contributed by atoms with E-state index in [0.717, 1.165) is 9.87 Å². The predicted octanol–water partition coefficient (Wildman–Crippen LogP) is 5.92. The Morgan fingerprint density at radius 3 is 2.22 bits per heavy atom. The van der Waals surface area contributed by atoms with E-state index < -0.39 is 28.5 Å². The Kier molecular flexibility index (Phi) is 11.5. The molecule has 1 N–H and O–H groups in total. The van der Waals surface area contributed by atoms with Gasteiger partial charge in [-0.1, -0.05) is 55.2 Å². The summed E-state index contributed by atoms with van der Waals surface area (Å²) in [6.45, 7) is 5.15. The third-order valence-electron chi connectivity index (χ3n) is 6.65. The van der Waals surface area contributed by atoms with E-state index in [1.165, 1.54) is 35.2 Å². The fourth-order valence-corrected chi connectivity index (χ4v) is 5.94. The molecule has 0 spiro atoms. The summed E-state index contributed by atoms with van der Waals surface area (Å²) in [6, 6.07) is 18.2. The number of carbonyl (C=O) groups excluding carboxylic acids is 2. The molecule has 3 aromatic carbocycles. The highest BCUT2D eigenvalue weighted by molar-refractivity contribution is 7.92. The molecule has 0 aliphatic carbocycles. The highest BCUT2D eigenvalue weighted by Gasteiger charge is 2.34. The maximum Gasteiger partial charge on any atom is 0.264 e. The summed E-state index contributed by atoms with van der Waals surface area (Å²) in [4.78, 5) is 28.9. The summed E-state index contributed by atoms with van der Waals surface area (Å²) in [5.41, 5.74) is 0.932. The monoisotopic (exact) mass is 619 g/mol. The first-order valence-electron chi connectivity index (χ1n) is 13.3. The lowest BCUT2D eigenvalue weighted by Crippen LogP contribution is -2.53. The van der Waals surface area contributed by atoms with Crippen molar-refractivity contribution in [2.24, 2.45) is 0 Å². The second-order valence-electron chi connectivity index (χ2n) is 9.56. The number of halogens is 2. The predicted molar refractivity (Wildman–Crippen MR) is 163 cm³/mol. The molecule has 2 atom stereocenters. The van der Waals surface area contributed by atoms with E-state index in [-0.39, 0.29) is 29.1 Å². The van der Waals surface area contributed by atoms with Crippen molar-refractivity contribution in [2.75, 3.05) is 18.0 Å².